The zero-order valence-corrected chi connectivity index (χ0v) is 19.6. The molecule has 1 N–H and O–H groups in total. The molecule has 0 saturated heterocycles. The number of rotatable bonds is 8. The molecule has 0 radical (unpaired) electrons. The summed E-state index contributed by atoms with van der Waals surface area (Å²) < 4.78 is 39.8. The van der Waals surface area contributed by atoms with Crippen LogP contribution in [0.5, 0.6) is 0 Å². The van der Waals surface area contributed by atoms with E-state index in [1.54, 1.807) is 11.0 Å². The molecule has 2 aromatic carbocycles. The van der Waals surface area contributed by atoms with Gasteiger partial charge in [-0.2, -0.15) is 13.2 Å². The van der Waals surface area contributed by atoms with Gasteiger partial charge in [-0.15, -0.1) is 0 Å². The lowest BCUT2D eigenvalue weighted by molar-refractivity contribution is -0.137. The van der Waals surface area contributed by atoms with Crippen LogP contribution in [0.25, 0.3) is 0 Å². The Morgan fingerprint density at radius 3 is 2.24 bits per heavy atom. The fourth-order valence-corrected chi connectivity index (χ4v) is 4.03. The predicted molar refractivity (Wildman–Crippen MR) is 124 cm³/mol. The first kappa shape index (κ1) is 24.8. The summed E-state index contributed by atoms with van der Waals surface area (Å²) in [6.45, 7) is 8.45. The summed E-state index contributed by atoms with van der Waals surface area (Å²) in [7, 11) is 0. The molecule has 3 rings (SSSR count). The molecule has 0 bridgehead atoms. The molecule has 1 saturated carbocycles. The van der Waals surface area contributed by atoms with E-state index in [-0.39, 0.29) is 36.3 Å². The second-order valence-corrected chi connectivity index (χ2v) is 9.30. The van der Waals surface area contributed by atoms with Crippen LogP contribution in [0.2, 0.25) is 0 Å². The number of carbonyl (C=O) groups is 2. The highest BCUT2D eigenvalue weighted by Gasteiger charge is 2.33. The van der Waals surface area contributed by atoms with Gasteiger partial charge in [0, 0.05) is 30.8 Å². The van der Waals surface area contributed by atoms with Crippen molar-refractivity contribution in [2.45, 2.75) is 65.5 Å². The van der Waals surface area contributed by atoms with Crippen molar-refractivity contribution >= 4 is 23.2 Å². The summed E-state index contributed by atoms with van der Waals surface area (Å²) in [5.41, 5.74) is 2.75. The van der Waals surface area contributed by atoms with E-state index in [1.165, 1.54) is 0 Å². The minimum Gasteiger partial charge on any atom is -0.326 e. The summed E-state index contributed by atoms with van der Waals surface area (Å²) in [4.78, 5) is 27.3. The molecule has 33 heavy (non-hydrogen) atoms. The van der Waals surface area contributed by atoms with Crippen molar-refractivity contribution in [2.24, 2.45) is 5.92 Å². The number of hydrogen-bond donors (Lipinski definition) is 1. The Morgan fingerprint density at radius 2 is 1.70 bits per heavy atom. The molecule has 178 valence electrons. The minimum atomic E-state index is -4.48. The first-order chi connectivity index (χ1) is 15.5. The maximum absolute atomic E-state index is 13.3. The maximum atomic E-state index is 13.3. The molecular formula is C26H31F3N2O2. The number of halogens is 3. The standard InChI is InChI=1S/C26H31F3N2O2/c1-16(2)15-31(25-17(3)6-5-7-18(25)4)24(33)11-10-23(32)30-22-13-20(19-8-9-19)12-21(14-22)26(27,28)29/h5-7,12-14,16,19H,8-11,15H2,1-4H3,(H,30,32). The second-order valence-electron chi connectivity index (χ2n) is 9.30. The van der Waals surface area contributed by atoms with Crippen molar-refractivity contribution in [3.8, 4) is 0 Å². The Hall–Kier alpha value is -2.83. The molecule has 1 fully saturated rings. The van der Waals surface area contributed by atoms with E-state index in [4.69, 9.17) is 0 Å². The van der Waals surface area contributed by atoms with E-state index in [0.717, 1.165) is 41.8 Å². The van der Waals surface area contributed by atoms with Crippen LogP contribution in [0.15, 0.2) is 36.4 Å². The number of alkyl halides is 3. The largest absolute Gasteiger partial charge is 0.416 e. The van der Waals surface area contributed by atoms with Crippen molar-refractivity contribution in [2.75, 3.05) is 16.8 Å². The van der Waals surface area contributed by atoms with Crippen LogP contribution in [-0.2, 0) is 15.8 Å². The first-order valence-corrected chi connectivity index (χ1v) is 11.3. The summed E-state index contributed by atoms with van der Waals surface area (Å²) in [6, 6.07) is 9.54. The van der Waals surface area contributed by atoms with Crippen molar-refractivity contribution in [1.29, 1.82) is 0 Å². The average Bonchev–Trinajstić information content (AvgIpc) is 3.55. The molecule has 4 nitrogen and oxygen atoms in total. The van der Waals surface area contributed by atoms with Gasteiger partial charge in [0.05, 0.1) is 5.56 Å². The molecule has 2 amide bonds. The number of carbonyl (C=O) groups excluding carboxylic acids is 2. The summed E-state index contributed by atoms with van der Waals surface area (Å²) in [5.74, 6) is -0.311. The van der Waals surface area contributed by atoms with Crippen LogP contribution in [0.4, 0.5) is 24.5 Å². The SMILES string of the molecule is Cc1cccc(C)c1N(CC(C)C)C(=O)CCC(=O)Nc1cc(C2CC2)cc(C(F)(F)F)c1. The highest BCUT2D eigenvalue weighted by atomic mass is 19.4. The van der Waals surface area contributed by atoms with Crippen LogP contribution in [0.3, 0.4) is 0 Å². The number of aryl methyl sites for hydroxylation is 2. The highest BCUT2D eigenvalue weighted by molar-refractivity contribution is 5.99. The third-order valence-corrected chi connectivity index (χ3v) is 5.74. The Bertz CT molecular complexity index is 1010. The van der Waals surface area contributed by atoms with Gasteiger partial charge >= 0.3 is 6.18 Å². The van der Waals surface area contributed by atoms with Crippen LogP contribution in [0.1, 0.15) is 67.7 Å². The number of hydrogen-bond acceptors (Lipinski definition) is 2. The second kappa shape index (κ2) is 9.98. The fourth-order valence-electron chi connectivity index (χ4n) is 4.03. The fraction of sp³-hybridized carbons (Fsp3) is 0.462. The monoisotopic (exact) mass is 460 g/mol. The molecule has 2 aromatic rings. The molecular weight excluding hydrogens is 429 g/mol. The van der Waals surface area contributed by atoms with Crippen LogP contribution < -0.4 is 10.2 Å². The van der Waals surface area contributed by atoms with Gasteiger partial charge in [-0.1, -0.05) is 32.0 Å². The third-order valence-electron chi connectivity index (χ3n) is 5.74. The Kier molecular flexibility index (Phi) is 7.50. The number of benzene rings is 2. The van der Waals surface area contributed by atoms with Crippen LogP contribution in [-0.4, -0.2) is 18.4 Å². The van der Waals surface area contributed by atoms with Gasteiger partial charge in [-0.3, -0.25) is 9.59 Å². The lowest BCUT2D eigenvalue weighted by atomic mass is 10.0. The molecule has 0 aliphatic heterocycles. The van der Waals surface area contributed by atoms with E-state index in [0.29, 0.717) is 12.1 Å². The van der Waals surface area contributed by atoms with Gasteiger partial charge in [0.25, 0.3) is 0 Å². The van der Waals surface area contributed by atoms with Gasteiger partial charge in [0.15, 0.2) is 0 Å². The zero-order valence-electron chi connectivity index (χ0n) is 19.6. The van der Waals surface area contributed by atoms with Crippen LogP contribution in [0, 0.1) is 19.8 Å². The first-order valence-electron chi connectivity index (χ1n) is 11.3. The Balaban J connectivity index is 1.70. The zero-order chi connectivity index (χ0) is 24.3. The highest BCUT2D eigenvalue weighted by Crippen LogP contribution is 2.43. The van der Waals surface area contributed by atoms with Crippen molar-refractivity contribution < 1.29 is 22.8 Å². The van der Waals surface area contributed by atoms with Crippen molar-refractivity contribution in [1.82, 2.24) is 0 Å². The molecule has 1 aliphatic carbocycles. The third kappa shape index (κ3) is 6.59. The molecule has 0 aromatic heterocycles. The van der Waals surface area contributed by atoms with Gasteiger partial charge < -0.3 is 10.2 Å². The van der Waals surface area contributed by atoms with Gasteiger partial charge in [0.2, 0.25) is 11.8 Å². The lowest BCUT2D eigenvalue weighted by Gasteiger charge is -2.28. The minimum absolute atomic E-state index is 0.0270. The molecule has 7 heteroatoms. The van der Waals surface area contributed by atoms with E-state index < -0.39 is 17.6 Å². The number of anilines is 2. The Morgan fingerprint density at radius 1 is 1.06 bits per heavy atom. The molecule has 1 aliphatic rings. The average molecular weight is 461 g/mol. The van der Waals surface area contributed by atoms with Crippen molar-refractivity contribution in [3.63, 3.8) is 0 Å². The van der Waals surface area contributed by atoms with E-state index >= 15 is 0 Å². The number of para-hydroxylation sites is 1. The summed E-state index contributed by atoms with van der Waals surface area (Å²) >= 11 is 0. The molecule has 0 atom stereocenters. The molecule has 0 unspecified atom stereocenters. The maximum Gasteiger partial charge on any atom is 0.416 e. The lowest BCUT2D eigenvalue weighted by Crippen LogP contribution is -2.35. The van der Waals surface area contributed by atoms with E-state index in [9.17, 15) is 22.8 Å². The topological polar surface area (TPSA) is 49.4 Å². The van der Waals surface area contributed by atoms with Gasteiger partial charge in [-0.05, 0) is 73.4 Å². The predicted octanol–water partition coefficient (Wildman–Crippen LogP) is 6.61. The van der Waals surface area contributed by atoms with Crippen molar-refractivity contribution in [3.05, 3.63) is 58.7 Å². The quantitative estimate of drug-likeness (QED) is 0.482. The number of nitrogens with zero attached hydrogens (tertiary/aromatic N) is 1. The summed E-state index contributed by atoms with van der Waals surface area (Å²) in [6.07, 6.45) is -2.91. The Labute approximate surface area is 193 Å². The van der Waals surface area contributed by atoms with E-state index in [1.807, 2.05) is 45.9 Å². The molecule has 0 heterocycles. The van der Waals surface area contributed by atoms with Crippen LogP contribution >= 0.6 is 0 Å². The normalized spacial score (nSPS) is 13.8. The molecule has 0 spiro atoms. The number of amides is 2. The van der Waals surface area contributed by atoms with Gasteiger partial charge in [-0.25, -0.2) is 0 Å². The smallest absolute Gasteiger partial charge is 0.326 e. The number of nitrogens with one attached hydrogen (secondary N) is 1. The summed E-state index contributed by atoms with van der Waals surface area (Å²) in [5, 5.41) is 2.57. The van der Waals surface area contributed by atoms with E-state index in [2.05, 4.69) is 5.32 Å². The van der Waals surface area contributed by atoms with Gasteiger partial charge in [0.1, 0.15) is 0 Å².